The molecule has 8 nitrogen and oxygen atoms in total. The first-order valence-electron chi connectivity index (χ1n) is 19.2. The standard InChI is InChI=1S/C47H50BrNO7/c1-49-23-4-5-24-54-44-31-35(13-18-39(44)33-11-9-32(10-12-33)7-6-8-45(50)51)34-14-19-40-36(29-34)15-21-42(55-27-25-52-2)46(40)47-41-20-17-38(48)30-37(41)16-22-43(47)56-28-26-53-3/h9-22,29-31,49H,4-8,23-28H2,1-3H3,(H,50,51). The van der Waals surface area contributed by atoms with Crippen molar-refractivity contribution in [3.63, 3.8) is 0 Å². The van der Waals surface area contributed by atoms with Gasteiger partial charge in [0.2, 0.25) is 0 Å². The average molecular weight is 821 g/mol. The summed E-state index contributed by atoms with van der Waals surface area (Å²) < 4.78 is 31.0. The number of halogens is 1. The van der Waals surface area contributed by atoms with Crippen LogP contribution >= 0.6 is 15.9 Å². The maximum Gasteiger partial charge on any atom is 0.303 e. The monoisotopic (exact) mass is 819 g/mol. The molecule has 0 unspecified atom stereocenters. The Morgan fingerprint density at radius 2 is 1.20 bits per heavy atom. The van der Waals surface area contributed by atoms with Gasteiger partial charge in [0, 0.05) is 41.8 Å². The Bertz CT molecular complexity index is 2240. The molecular formula is C47H50BrNO7. The zero-order chi connectivity index (χ0) is 39.3. The van der Waals surface area contributed by atoms with E-state index in [-0.39, 0.29) is 6.42 Å². The molecule has 0 amide bonds. The van der Waals surface area contributed by atoms with Gasteiger partial charge >= 0.3 is 5.97 Å². The second kappa shape index (κ2) is 20.3. The fourth-order valence-corrected chi connectivity index (χ4v) is 7.32. The SMILES string of the molecule is CNCCCCOc1cc(-c2ccc3c(-c4c(OCCOC)ccc5cc(Br)ccc45)c(OCCOC)ccc3c2)ccc1-c1ccc(CCCC(=O)O)cc1. The molecule has 56 heavy (non-hydrogen) atoms. The normalized spacial score (nSPS) is 11.3. The number of aryl methyl sites for hydroxylation is 1. The quantitative estimate of drug-likeness (QED) is 0.0693. The molecule has 0 fully saturated rings. The van der Waals surface area contributed by atoms with Crippen molar-refractivity contribution < 1.29 is 33.6 Å². The van der Waals surface area contributed by atoms with E-state index in [4.69, 9.17) is 28.8 Å². The van der Waals surface area contributed by atoms with Gasteiger partial charge in [0.25, 0.3) is 0 Å². The molecule has 0 atom stereocenters. The molecule has 6 rings (SSSR count). The lowest BCUT2D eigenvalue weighted by molar-refractivity contribution is -0.137. The summed E-state index contributed by atoms with van der Waals surface area (Å²) in [7, 11) is 5.31. The third-order valence-corrected chi connectivity index (χ3v) is 10.3. The van der Waals surface area contributed by atoms with Gasteiger partial charge in [0.1, 0.15) is 30.5 Å². The molecule has 0 bridgehead atoms. The zero-order valence-electron chi connectivity index (χ0n) is 32.4. The Hall–Kier alpha value is -4.93. The van der Waals surface area contributed by atoms with E-state index >= 15 is 0 Å². The molecule has 0 saturated heterocycles. The van der Waals surface area contributed by atoms with Crippen molar-refractivity contribution in [3.8, 4) is 50.6 Å². The molecule has 0 spiro atoms. The van der Waals surface area contributed by atoms with Crippen molar-refractivity contribution in [3.05, 3.63) is 113 Å². The fourth-order valence-electron chi connectivity index (χ4n) is 6.94. The van der Waals surface area contributed by atoms with Crippen molar-refractivity contribution >= 4 is 43.4 Å². The Kier molecular flexibility index (Phi) is 14.8. The highest BCUT2D eigenvalue weighted by Crippen LogP contribution is 2.47. The summed E-state index contributed by atoms with van der Waals surface area (Å²) >= 11 is 3.66. The Morgan fingerprint density at radius 3 is 1.84 bits per heavy atom. The van der Waals surface area contributed by atoms with Crippen molar-refractivity contribution in [2.45, 2.75) is 32.1 Å². The number of unbranched alkanes of at least 4 members (excludes halogenated alkanes) is 1. The predicted molar refractivity (Wildman–Crippen MR) is 229 cm³/mol. The number of carboxylic acid groups (broad SMARTS) is 1. The largest absolute Gasteiger partial charge is 0.493 e. The van der Waals surface area contributed by atoms with Crippen molar-refractivity contribution in [1.29, 1.82) is 0 Å². The van der Waals surface area contributed by atoms with Crippen LogP contribution in [0.25, 0.3) is 54.9 Å². The van der Waals surface area contributed by atoms with E-state index in [9.17, 15) is 4.79 Å². The Balaban J connectivity index is 1.42. The number of hydrogen-bond acceptors (Lipinski definition) is 7. The minimum atomic E-state index is -0.766. The molecule has 2 N–H and O–H groups in total. The molecule has 6 aromatic carbocycles. The third-order valence-electron chi connectivity index (χ3n) is 9.78. The molecule has 0 heterocycles. The van der Waals surface area contributed by atoms with E-state index in [1.807, 2.05) is 19.2 Å². The van der Waals surface area contributed by atoms with E-state index in [1.54, 1.807) is 14.2 Å². The second-order valence-electron chi connectivity index (χ2n) is 13.7. The predicted octanol–water partition coefficient (Wildman–Crippen LogP) is 10.6. The minimum Gasteiger partial charge on any atom is -0.493 e. The highest BCUT2D eigenvalue weighted by molar-refractivity contribution is 9.10. The number of fused-ring (bicyclic) bond motifs is 2. The summed E-state index contributed by atoms with van der Waals surface area (Å²) in [5.74, 6) is 1.57. The number of ether oxygens (including phenoxy) is 5. The minimum absolute atomic E-state index is 0.166. The summed E-state index contributed by atoms with van der Waals surface area (Å²) in [5.41, 5.74) is 7.22. The van der Waals surface area contributed by atoms with Crippen LogP contribution in [-0.2, 0) is 20.7 Å². The van der Waals surface area contributed by atoms with Crippen LogP contribution in [0.1, 0.15) is 31.2 Å². The van der Waals surface area contributed by atoms with Gasteiger partial charge in [-0.1, -0.05) is 82.7 Å². The molecule has 9 heteroatoms. The number of benzene rings is 6. The molecule has 0 aliphatic carbocycles. The first-order valence-corrected chi connectivity index (χ1v) is 19.9. The number of aliphatic carboxylic acids is 1. The van der Waals surface area contributed by atoms with Gasteiger partial charge in [0.15, 0.2) is 0 Å². The van der Waals surface area contributed by atoms with E-state index in [1.165, 1.54) is 0 Å². The van der Waals surface area contributed by atoms with Crippen LogP contribution in [0.3, 0.4) is 0 Å². The first-order chi connectivity index (χ1) is 27.4. The van der Waals surface area contributed by atoms with Gasteiger partial charge in [-0.3, -0.25) is 4.79 Å². The second-order valence-corrected chi connectivity index (χ2v) is 14.6. The summed E-state index contributed by atoms with van der Waals surface area (Å²) in [6.45, 7) is 3.29. The highest BCUT2D eigenvalue weighted by atomic mass is 79.9. The van der Waals surface area contributed by atoms with Crippen molar-refractivity contribution in [1.82, 2.24) is 5.32 Å². The summed E-state index contributed by atoms with van der Waals surface area (Å²) in [5, 5.41) is 16.5. The van der Waals surface area contributed by atoms with Gasteiger partial charge in [0.05, 0.1) is 19.8 Å². The maximum atomic E-state index is 11.0. The molecule has 0 aliphatic rings. The van der Waals surface area contributed by atoms with Gasteiger partial charge in [-0.05, 0) is 119 Å². The lowest BCUT2D eigenvalue weighted by Crippen LogP contribution is -2.09. The van der Waals surface area contributed by atoms with Gasteiger partial charge in [-0.25, -0.2) is 0 Å². The maximum absolute atomic E-state index is 11.0. The van der Waals surface area contributed by atoms with Crippen LogP contribution in [0, 0.1) is 0 Å². The van der Waals surface area contributed by atoms with Crippen LogP contribution in [0.4, 0.5) is 0 Å². The lowest BCUT2D eigenvalue weighted by Gasteiger charge is -2.20. The van der Waals surface area contributed by atoms with Gasteiger partial charge in [-0.15, -0.1) is 0 Å². The Morgan fingerprint density at radius 1 is 0.607 bits per heavy atom. The summed E-state index contributed by atoms with van der Waals surface area (Å²) in [4.78, 5) is 11.0. The molecule has 0 aromatic heterocycles. The smallest absolute Gasteiger partial charge is 0.303 e. The van der Waals surface area contributed by atoms with Crippen molar-refractivity contribution in [2.24, 2.45) is 0 Å². The highest BCUT2D eigenvalue weighted by Gasteiger charge is 2.20. The summed E-state index contributed by atoms with van der Waals surface area (Å²) in [6.07, 6.45) is 3.46. The topological polar surface area (TPSA) is 95.5 Å². The van der Waals surface area contributed by atoms with Gasteiger partial charge < -0.3 is 34.1 Å². The zero-order valence-corrected chi connectivity index (χ0v) is 34.0. The molecular weight excluding hydrogens is 770 g/mol. The van der Waals surface area contributed by atoms with E-state index in [0.29, 0.717) is 39.5 Å². The van der Waals surface area contributed by atoms with Crippen molar-refractivity contribution in [2.75, 3.05) is 60.8 Å². The number of nitrogens with one attached hydrogen (secondary N) is 1. The lowest BCUT2D eigenvalue weighted by atomic mass is 9.90. The molecule has 6 aromatic rings. The van der Waals surface area contributed by atoms with E-state index < -0.39 is 5.97 Å². The first kappa shape index (κ1) is 40.7. The van der Waals surface area contributed by atoms with Crippen LogP contribution in [0.15, 0.2) is 108 Å². The molecule has 292 valence electrons. The number of rotatable bonds is 21. The molecule has 0 radical (unpaired) electrons. The van der Waals surface area contributed by atoms with Crippen LogP contribution in [0.2, 0.25) is 0 Å². The van der Waals surface area contributed by atoms with Crippen LogP contribution in [-0.4, -0.2) is 71.9 Å². The third kappa shape index (κ3) is 10.3. The number of carboxylic acids is 1. The Labute approximate surface area is 337 Å². The van der Waals surface area contributed by atoms with E-state index in [0.717, 1.165) is 108 Å². The molecule has 0 saturated carbocycles. The van der Waals surface area contributed by atoms with Crippen LogP contribution in [0.5, 0.6) is 17.2 Å². The summed E-state index contributed by atoms with van der Waals surface area (Å²) in [6, 6.07) is 35.9. The van der Waals surface area contributed by atoms with Crippen LogP contribution < -0.4 is 19.5 Å². The number of carbonyl (C=O) groups is 1. The number of methoxy groups -OCH3 is 2. The molecule has 0 aliphatic heterocycles. The number of hydrogen-bond donors (Lipinski definition) is 2. The average Bonchev–Trinajstić information content (AvgIpc) is 3.21. The fraction of sp³-hybridized carbons (Fsp3) is 0.298. The van der Waals surface area contributed by atoms with E-state index in [2.05, 4.69) is 112 Å². The van der Waals surface area contributed by atoms with Gasteiger partial charge in [-0.2, -0.15) is 0 Å².